The third-order valence-corrected chi connectivity index (χ3v) is 7.24. The largest absolute Gasteiger partial charge is 0.434 e. The van der Waals surface area contributed by atoms with Crippen molar-refractivity contribution in [3.05, 3.63) is 70.3 Å². The minimum Gasteiger partial charge on any atom is -0.434 e. The SMILES string of the molecule is C[C@@H]1CN(c2ncc(-c3cc4c(cc3C#N)c(=O)n(C)n4Cc3ccccc3OC(F)F)cn2)CCN1C(=O)CO. The van der Waals surface area contributed by atoms with Crippen LogP contribution in [0.15, 0.2) is 53.6 Å². The molecule has 13 heteroatoms. The number of aliphatic hydroxyl groups excluding tert-OH is 1. The second kappa shape index (κ2) is 11.3. The minimum atomic E-state index is -3.00. The van der Waals surface area contributed by atoms with Crippen molar-refractivity contribution in [3.8, 4) is 22.9 Å². The quantitative estimate of drug-likeness (QED) is 0.363. The fourth-order valence-corrected chi connectivity index (χ4v) is 5.17. The molecule has 1 fully saturated rings. The van der Waals surface area contributed by atoms with E-state index in [2.05, 4.69) is 20.8 Å². The van der Waals surface area contributed by atoms with Gasteiger partial charge in [0.25, 0.3) is 5.56 Å². The van der Waals surface area contributed by atoms with E-state index in [1.165, 1.54) is 16.8 Å². The monoisotopic (exact) mass is 563 g/mol. The Bertz CT molecular complexity index is 1690. The number of ether oxygens (including phenoxy) is 1. The standard InChI is InChI=1S/C28H27F2N7O4/c1-17-14-35(7-8-36(17)25(39)16-38)28-32-12-20(13-33-28)21-10-23-22(9-19(21)11-31)26(40)34(2)37(23)15-18-5-3-4-6-24(18)41-27(29)30/h3-6,9-10,12-13,17,27,38H,7-8,14-16H2,1-2H3/t17-/m1/s1. The summed E-state index contributed by atoms with van der Waals surface area (Å²) in [6.07, 6.45) is 3.19. The number of hydrogen-bond donors (Lipinski definition) is 1. The summed E-state index contributed by atoms with van der Waals surface area (Å²) in [6, 6.07) is 11.6. The van der Waals surface area contributed by atoms with Gasteiger partial charge in [-0.25, -0.2) is 9.97 Å². The summed E-state index contributed by atoms with van der Waals surface area (Å²) in [4.78, 5) is 37.6. The van der Waals surface area contributed by atoms with Crippen molar-refractivity contribution in [1.82, 2.24) is 24.2 Å². The van der Waals surface area contributed by atoms with E-state index in [1.54, 1.807) is 53.3 Å². The summed E-state index contributed by atoms with van der Waals surface area (Å²) < 4.78 is 33.6. The van der Waals surface area contributed by atoms with E-state index in [0.717, 1.165) is 0 Å². The molecule has 0 radical (unpaired) electrons. The molecule has 2 aromatic carbocycles. The molecule has 0 aliphatic carbocycles. The molecule has 1 aliphatic heterocycles. The number of para-hydroxylation sites is 1. The second-order valence-electron chi connectivity index (χ2n) is 9.71. The molecule has 41 heavy (non-hydrogen) atoms. The summed E-state index contributed by atoms with van der Waals surface area (Å²) in [5, 5.41) is 19.4. The molecule has 1 N–H and O–H groups in total. The molecule has 5 rings (SSSR count). The lowest BCUT2D eigenvalue weighted by Gasteiger charge is -2.39. The van der Waals surface area contributed by atoms with E-state index in [9.17, 15) is 28.7 Å². The van der Waals surface area contributed by atoms with Gasteiger partial charge in [-0.2, -0.15) is 14.0 Å². The molecule has 4 aromatic rings. The number of carbonyl (C=O) groups excluding carboxylic acids is 1. The van der Waals surface area contributed by atoms with Gasteiger partial charge in [0.1, 0.15) is 12.4 Å². The topological polar surface area (TPSA) is 130 Å². The van der Waals surface area contributed by atoms with Gasteiger partial charge < -0.3 is 19.6 Å². The molecule has 2 aromatic heterocycles. The molecule has 1 saturated heterocycles. The second-order valence-corrected chi connectivity index (χ2v) is 9.71. The molecule has 0 saturated carbocycles. The predicted octanol–water partition coefficient (Wildman–Crippen LogP) is 2.35. The van der Waals surface area contributed by atoms with Gasteiger partial charge in [0.05, 0.1) is 29.1 Å². The Balaban J connectivity index is 1.49. The summed E-state index contributed by atoms with van der Waals surface area (Å²) in [6.45, 7) is -0.151. The van der Waals surface area contributed by atoms with Gasteiger partial charge in [0.2, 0.25) is 11.9 Å². The third-order valence-electron chi connectivity index (χ3n) is 7.24. The van der Waals surface area contributed by atoms with Crippen molar-refractivity contribution >= 4 is 22.8 Å². The van der Waals surface area contributed by atoms with E-state index >= 15 is 0 Å². The highest BCUT2D eigenvalue weighted by atomic mass is 19.3. The number of fused-ring (bicyclic) bond motifs is 1. The first-order chi connectivity index (χ1) is 19.7. The fraction of sp³-hybridized carbons (Fsp3) is 0.321. The number of carbonyl (C=O) groups is 1. The van der Waals surface area contributed by atoms with E-state index in [1.807, 2.05) is 11.8 Å². The van der Waals surface area contributed by atoms with Crippen molar-refractivity contribution in [2.24, 2.45) is 7.05 Å². The summed E-state index contributed by atoms with van der Waals surface area (Å²) in [5.41, 5.74) is 1.94. The first kappa shape index (κ1) is 27.7. The number of aliphatic hydroxyl groups is 1. The highest BCUT2D eigenvalue weighted by molar-refractivity contribution is 5.88. The Morgan fingerprint density at radius 3 is 2.61 bits per heavy atom. The average Bonchev–Trinajstić information content (AvgIpc) is 3.20. The molecule has 212 valence electrons. The maximum atomic E-state index is 13.1. The summed E-state index contributed by atoms with van der Waals surface area (Å²) in [7, 11) is 1.57. The number of nitrogens with zero attached hydrogens (tertiary/aromatic N) is 7. The van der Waals surface area contributed by atoms with Crippen LogP contribution in [0, 0.1) is 11.3 Å². The summed E-state index contributed by atoms with van der Waals surface area (Å²) >= 11 is 0. The van der Waals surface area contributed by atoms with Gasteiger partial charge in [-0.3, -0.25) is 19.0 Å². The number of anilines is 1. The number of halogens is 2. The fourth-order valence-electron chi connectivity index (χ4n) is 5.17. The van der Waals surface area contributed by atoms with E-state index in [0.29, 0.717) is 53.2 Å². The van der Waals surface area contributed by atoms with Gasteiger partial charge in [-0.1, -0.05) is 18.2 Å². The zero-order chi connectivity index (χ0) is 29.3. The molecule has 0 unspecified atom stereocenters. The molecule has 0 spiro atoms. The maximum Gasteiger partial charge on any atom is 0.387 e. The Labute approximate surface area is 233 Å². The van der Waals surface area contributed by atoms with Crippen LogP contribution < -0.4 is 15.2 Å². The molecule has 3 heterocycles. The number of hydrogen-bond acceptors (Lipinski definition) is 8. The molecule has 1 atom stereocenters. The van der Waals surface area contributed by atoms with Crippen LogP contribution in [-0.4, -0.2) is 74.1 Å². The Hall–Kier alpha value is -4.83. The van der Waals surface area contributed by atoms with Crippen LogP contribution in [0.25, 0.3) is 22.0 Å². The lowest BCUT2D eigenvalue weighted by Crippen LogP contribution is -2.55. The lowest BCUT2D eigenvalue weighted by molar-refractivity contribution is -0.136. The zero-order valence-corrected chi connectivity index (χ0v) is 22.4. The number of nitriles is 1. The third kappa shape index (κ3) is 5.33. The molecule has 0 bridgehead atoms. The van der Waals surface area contributed by atoms with Gasteiger partial charge >= 0.3 is 6.61 Å². The van der Waals surface area contributed by atoms with Crippen LogP contribution in [0.1, 0.15) is 18.1 Å². The Morgan fingerprint density at radius 2 is 1.95 bits per heavy atom. The van der Waals surface area contributed by atoms with Crippen molar-refractivity contribution in [2.75, 3.05) is 31.1 Å². The minimum absolute atomic E-state index is 0.00512. The van der Waals surface area contributed by atoms with Crippen LogP contribution in [0.2, 0.25) is 0 Å². The van der Waals surface area contributed by atoms with Gasteiger partial charge in [-0.15, -0.1) is 0 Å². The van der Waals surface area contributed by atoms with Gasteiger partial charge in [0, 0.05) is 61.8 Å². The van der Waals surface area contributed by atoms with E-state index in [4.69, 9.17) is 0 Å². The number of rotatable bonds is 7. The molecule has 1 amide bonds. The highest BCUT2D eigenvalue weighted by Gasteiger charge is 2.28. The van der Waals surface area contributed by atoms with Crippen LogP contribution in [-0.2, 0) is 18.4 Å². The molecular formula is C28H27F2N7O4. The number of aromatic nitrogens is 4. The van der Waals surface area contributed by atoms with Gasteiger partial charge in [0.15, 0.2) is 0 Å². The number of alkyl halides is 2. The van der Waals surface area contributed by atoms with Crippen molar-refractivity contribution in [3.63, 3.8) is 0 Å². The summed E-state index contributed by atoms with van der Waals surface area (Å²) in [5.74, 6) is 0.145. The lowest BCUT2D eigenvalue weighted by atomic mass is 10.0. The number of piperazine rings is 1. The molecule has 11 nitrogen and oxygen atoms in total. The molecule has 1 aliphatic rings. The number of benzene rings is 2. The Kier molecular flexibility index (Phi) is 7.67. The Morgan fingerprint density at radius 1 is 1.22 bits per heavy atom. The van der Waals surface area contributed by atoms with Crippen molar-refractivity contribution in [1.29, 1.82) is 5.26 Å². The smallest absolute Gasteiger partial charge is 0.387 e. The van der Waals surface area contributed by atoms with Gasteiger partial charge in [-0.05, 0) is 25.1 Å². The van der Waals surface area contributed by atoms with Crippen molar-refractivity contribution < 1.29 is 23.4 Å². The van der Waals surface area contributed by atoms with Crippen LogP contribution >= 0.6 is 0 Å². The predicted molar refractivity (Wildman–Crippen MR) is 146 cm³/mol. The number of amides is 1. The normalized spacial score (nSPS) is 15.4. The maximum absolute atomic E-state index is 13.1. The molecular weight excluding hydrogens is 536 g/mol. The van der Waals surface area contributed by atoms with Crippen LogP contribution in [0.3, 0.4) is 0 Å². The average molecular weight is 564 g/mol. The van der Waals surface area contributed by atoms with Crippen molar-refractivity contribution in [2.45, 2.75) is 26.1 Å². The highest BCUT2D eigenvalue weighted by Crippen LogP contribution is 2.29. The van der Waals surface area contributed by atoms with E-state index in [-0.39, 0.29) is 35.4 Å². The van der Waals surface area contributed by atoms with E-state index < -0.39 is 13.2 Å². The van der Waals surface area contributed by atoms with Crippen LogP contribution in [0.5, 0.6) is 5.75 Å². The van der Waals surface area contributed by atoms with Crippen LogP contribution in [0.4, 0.5) is 14.7 Å². The first-order valence-electron chi connectivity index (χ1n) is 12.9. The zero-order valence-electron chi connectivity index (χ0n) is 22.4. The first-order valence-corrected chi connectivity index (χ1v) is 12.9.